The smallest absolute Gasteiger partial charge is 0.229 e. The van der Waals surface area contributed by atoms with Crippen LogP contribution in [0.3, 0.4) is 0 Å². The van der Waals surface area contributed by atoms with Crippen molar-refractivity contribution in [2.45, 2.75) is 26.7 Å². The van der Waals surface area contributed by atoms with Gasteiger partial charge in [-0.15, -0.1) is 0 Å². The van der Waals surface area contributed by atoms with Gasteiger partial charge in [-0.25, -0.2) is 0 Å². The third-order valence-corrected chi connectivity index (χ3v) is 2.27. The summed E-state index contributed by atoms with van der Waals surface area (Å²) in [5, 5.41) is 0. The quantitative estimate of drug-likeness (QED) is 0.637. The lowest BCUT2D eigenvalue weighted by atomic mass is 10.0. The lowest BCUT2D eigenvalue weighted by Gasteiger charge is -2.07. The summed E-state index contributed by atoms with van der Waals surface area (Å²) in [6, 6.07) is 4.08. The summed E-state index contributed by atoms with van der Waals surface area (Å²) >= 11 is 0. The minimum Gasteiger partial charge on any atom is -0.286 e. The first kappa shape index (κ1) is 7.47. The van der Waals surface area contributed by atoms with E-state index in [1.54, 1.807) is 0 Å². The molecule has 0 saturated carbocycles. The SMILES string of the molecule is CCc1ccc2ooc2c1CC. The van der Waals surface area contributed by atoms with Crippen LogP contribution < -0.4 is 0 Å². The number of aryl methyl sites for hydroxylation is 2. The van der Waals surface area contributed by atoms with E-state index in [1.165, 1.54) is 11.1 Å². The Morgan fingerprint density at radius 2 is 1.92 bits per heavy atom. The molecule has 12 heavy (non-hydrogen) atoms. The summed E-state index contributed by atoms with van der Waals surface area (Å²) in [4.78, 5) is 0. The van der Waals surface area contributed by atoms with Gasteiger partial charge in [-0.05, 0) is 24.5 Å². The Labute approximate surface area is 71.1 Å². The van der Waals surface area contributed by atoms with Gasteiger partial charge in [-0.3, -0.25) is 9.15 Å². The Kier molecular flexibility index (Phi) is 1.68. The lowest BCUT2D eigenvalue weighted by Crippen LogP contribution is -1.93. The van der Waals surface area contributed by atoms with Crippen LogP contribution in [-0.4, -0.2) is 0 Å². The van der Waals surface area contributed by atoms with E-state index in [9.17, 15) is 0 Å². The molecule has 1 aromatic heterocycles. The molecule has 0 spiro atoms. The highest BCUT2D eigenvalue weighted by Crippen LogP contribution is 2.26. The first-order valence-electron chi connectivity index (χ1n) is 4.36. The zero-order valence-corrected chi connectivity index (χ0v) is 7.39. The third-order valence-electron chi connectivity index (χ3n) is 2.27. The van der Waals surface area contributed by atoms with Crippen molar-refractivity contribution < 1.29 is 9.15 Å². The fourth-order valence-corrected chi connectivity index (χ4v) is 1.58. The summed E-state index contributed by atoms with van der Waals surface area (Å²) in [5.74, 6) is 0. The predicted octanol–water partition coefficient (Wildman–Crippen LogP) is 3.15. The van der Waals surface area contributed by atoms with Gasteiger partial charge in [0.25, 0.3) is 0 Å². The van der Waals surface area contributed by atoms with E-state index in [2.05, 4.69) is 19.9 Å². The molecule has 2 rings (SSSR count). The second kappa shape index (κ2) is 2.70. The molecule has 0 unspecified atom stereocenters. The van der Waals surface area contributed by atoms with Gasteiger partial charge < -0.3 is 0 Å². The van der Waals surface area contributed by atoms with Crippen molar-refractivity contribution in [3.63, 3.8) is 0 Å². The number of rotatable bonds is 2. The van der Waals surface area contributed by atoms with Crippen LogP contribution in [0.1, 0.15) is 25.0 Å². The van der Waals surface area contributed by atoms with Gasteiger partial charge >= 0.3 is 0 Å². The fraction of sp³-hybridized carbons (Fsp3) is 0.400. The fourth-order valence-electron chi connectivity index (χ4n) is 1.58. The van der Waals surface area contributed by atoms with E-state index in [0.717, 1.165) is 24.0 Å². The van der Waals surface area contributed by atoms with Crippen molar-refractivity contribution in [3.8, 4) is 0 Å². The minimum absolute atomic E-state index is 0.879. The summed E-state index contributed by atoms with van der Waals surface area (Å²) in [6.45, 7) is 4.29. The zero-order valence-electron chi connectivity index (χ0n) is 7.39. The Hall–Kier alpha value is -1.18. The topological polar surface area (TPSA) is 26.3 Å². The molecule has 1 heterocycles. The van der Waals surface area contributed by atoms with Gasteiger partial charge in [0.1, 0.15) is 0 Å². The molecule has 64 valence electrons. The molecular formula is C10H12O2. The van der Waals surface area contributed by atoms with E-state index in [4.69, 9.17) is 9.15 Å². The maximum atomic E-state index is 4.94. The molecule has 0 amide bonds. The standard InChI is InChI=1S/C10H12O2/c1-3-7-5-6-9-10(12-11-9)8(7)4-2/h5-6H,3-4H2,1-2H3. The normalized spacial score (nSPS) is 11.2. The van der Waals surface area contributed by atoms with Gasteiger partial charge in [0.05, 0.1) is 0 Å². The molecule has 0 fully saturated rings. The highest BCUT2D eigenvalue weighted by atomic mass is 17.0. The highest BCUT2D eigenvalue weighted by Gasteiger charge is 2.12. The molecule has 0 saturated heterocycles. The largest absolute Gasteiger partial charge is 0.286 e. The molecule has 0 bridgehead atoms. The molecule has 0 atom stereocenters. The van der Waals surface area contributed by atoms with Crippen molar-refractivity contribution in [1.82, 2.24) is 0 Å². The van der Waals surface area contributed by atoms with Crippen molar-refractivity contribution in [2.75, 3.05) is 0 Å². The predicted molar refractivity (Wildman–Crippen MR) is 47.2 cm³/mol. The molecule has 0 aliphatic heterocycles. The van der Waals surface area contributed by atoms with Crippen molar-refractivity contribution in [3.05, 3.63) is 23.3 Å². The number of benzene rings is 1. The second-order valence-corrected chi connectivity index (χ2v) is 2.90. The first-order valence-corrected chi connectivity index (χ1v) is 4.36. The zero-order chi connectivity index (χ0) is 8.55. The Bertz CT molecular complexity index is 381. The van der Waals surface area contributed by atoms with Crippen LogP contribution in [0.25, 0.3) is 11.2 Å². The van der Waals surface area contributed by atoms with Gasteiger partial charge in [0.2, 0.25) is 11.2 Å². The van der Waals surface area contributed by atoms with Crippen molar-refractivity contribution in [1.29, 1.82) is 0 Å². The Balaban J connectivity index is 2.63. The third kappa shape index (κ3) is 0.876. The highest BCUT2D eigenvalue weighted by molar-refractivity contribution is 5.76. The van der Waals surface area contributed by atoms with Gasteiger partial charge in [0.15, 0.2) is 0 Å². The average molecular weight is 164 g/mol. The van der Waals surface area contributed by atoms with Gasteiger partial charge in [-0.1, -0.05) is 19.9 Å². The number of fused-ring (bicyclic) bond motifs is 1. The van der Waals surface area contributed by atoms with Crippen LogP contribution in [0.2, 0.25) is 0 Å². The summed E-state index contributed by atoms with van der Waals surface area (Å²) in [7, 11) is 0. The maximum absolute atomic E-state index is 4.94. The van der Waals surface area contributed by atoms with Crippen LogP contribution in [0.5, 0.6) is 0 Å². The van der Waals surface area contributed by atoms with Crippen LogP contribution in [0.4, 0.5) is 0 Å². The second-order valence-electron chi connectivity index (χ2n) is 2.90. The molecule has 0 aliphatic carbocycles. The summed E-state index contributed by atoms with van der Waals surface area (Å²) < 4.78 is 9.76. The molecule has 2 nitrogen and oxygen atoms in total. The van der Waals surface area contributed by atoms with E-state index in [-0.39, 0.29) is 0 Å². The number of hydrogen-bond acceptors (Lipinski definition) is 2. The molecule has 1 aromatic carbocycles. The first-order chi connectivity index (χ1) is 5.86. The van der Waals surface area contributed by atoms with E-state index >= 15 is 0 Å². The summed E-state index contributed by atoms with van der Waals surface area (Å²) in [5.41, 5.74) is 4.47. The van der Waals surface area contributed by atoms with Crippen LogP contribution in [-0.2, 0) is 12.8 Å². The molecule has 0 aliphatic rings. The van der Waals surface area contributed by atoms with Crippen molar-refractivity contribution >= 4 is 11.2 Å². The van der Waals surface area contributed by atoms with Gasteiger partial charge in [0, 0.05) is 5.56 Å². The van der Waals surface area contributed by atoms with Crippen molar-refractivity contribution in [2.24, 2.45) is 0 Å². The molecule has 0 radical (unpaired) electrons. The monoisotopic (exact) mass is 164 g/mol. The van der Waals surface area contributed by atoms with E-state index in [1.807, 2.05) is 6.07 Å². The Morgan fingerprint density at radius 3 is 2.42 bits per heavy atom. The van der Waals surface area contributed by atoms with Crippen LogP contribution in [0, 0.1) is 0 Å². The van der Waals surface area contributed by atoms with Crippen LogP contribution in [0.15, 0.2) is 21.3 Å². The molecule has 2 heteroatoms. The molecule has 2 aromatic rings. The van der Waals surface area contributed by atoms with E-state index < -0.39 is 0 Å². The maximum Gasteiger partial charge on any atom is 0.229 e. The van der Waals surface area contributed by atoms with E-state index in [0.29, 0.717) is 0 Å². The van der Waals surface area contributed by atoms with Gasteiger partial charge in [-0.2, -0.15) is 0 Å². The number of hydrogen-bond donors (Lipinski definition) is 0. The summed E-state index contributed by atoms with van der Waals surface area (Å²) in [6.07, 6.45) is 2.06. The average Bonchev–Trinajstić information content (AvgIpc) is 2.06. The Morgan fingerprint density at radius 1 is 1.08 bits per heavy atom. The molecule has 0 N–H and O–H groups in total. The minimum atomic E-state index is 0.879. The van der Waals surface area contributed by atoms with Crippen LogP contribution >= 0.6 is 0 Å². The molecular weight excluding hydrogens is 152 g/mol. The lowest BCUT2D eigenvalue weighted by molar-refractivity contribution is 0.0580.